The molecule has 1 fully saturated rings. The molecule has 1 aliphatic heterocycles. The molecule has 0 bridgehead atoms. The number of carbonyl (C=O) groups excluding carboxylic acids is 1. The Kier molecular flexibility index (Phi) is 9.15. The van der Waals surface area contributed by atoms with Crippen LogP contribution in [-0.2, 0) is 6.18 Å². The summed E-state index contributed by atoms with van der Waals surface area (Å²) in [6, 6.07) is 14.0. The van der Waals surface area contributed by atoms with Crippen molar-refractivity contribution in [2.45, 2.75) is 19.0 Å². The summed E-state index contributed by atoms with van der Waals surface area (Å²) in [6.45, 7) is 2.00. The van der Waals surface area contributed by atoms with Gasteiger partial charge in [-0.2, -0.15) is 13.2 Å². The molecule has 6 nitrogen and oxygen atoms in total. The number of nitrogens with two attached hydrogens (primary N) is 2. The van der Waals surface area contributed by atoms with Crippen molar-refractivity contribution >= 4 is 17.9 Å². The van der Waals surface area contributed by atoms with Crippen LogP contribution in [0.25, 0.3) is 11.1 Å². The van der Waals surface area contributed by atoms with Crippen molar-refractivity contribution < 1.29 is 18.0 Å². The summed E-state index contributed by atoms with van der Waals surface area (Å²) < 4.78 is 35.5. The fourth-order valence-corrected chi connectivity index (χ4v) is 3.12. The molecule has 1 aromatic carbocycles. The highest BCUT2D eigenvalue weighted by Gasteiger charge is 2.30. The smallest absolute Gasteiger partial charge is 0.384 e. The standard InChI is InChI=1S/C16H16N2O.C6H5F3N2.CH5N/c19-12-15-10-14(13-6-2-1-3-7-13)11-17-16(15)18-8-4-5-9-18;7-6(8,9)4-1-2-5(10)11-3-4;1-2/h1-3,6-7,10-12H,4-5,8-9H2;1-3H,(H2,10,11);2H2,1H3. The number of aromatic nitrogens is 2. The van der Waals surface area contributed by atoms with Crippen LogP contribution in [0.3, 0.4) is 0 Å². The molecule has 2 aromatic heterocycles. The van der Waals surface area contributed by atoms with Crippen LogP contribution in [-0.4, -0.2) is 36.4 Å². The highest BCUT2D eigenvalue weighted by molar-refractivity contribution is 5.85. The number of rotatable bonds is 3. The predicted molar refractivity (Wildman–Crippen MR) is 120 cm³/mol. The highest BCUT2D eigenvalue weighted by atomic mass is 19.4. The Hall–Kier alpha value is -3.46. The minimum absolute atomic E-state index is 0.0815. The van der Waals surface area contributed by atoms with Gasteiger partial charge in [0.05, 0.1) is 11.1 Å². The van der Waals surface area contributed by atoms with Gasteiger partial charge in [-0.25, -0.2) is 9.97 Å². The molecule has 4 N–H and O–H groups in total. The van der Waals surface area contributed by atoms with Crippen molar-refractivity contribution in [2.24, 2.45) is 5.73 Å². The second-order valence-corrected chi connectivity index (χ2v) is 6.78. The summed E-state index contributed by atoms with van der Waals surface area (Å²) in [5, 5.41) is 0. The van der Waals surface area contributed by atoms with Crippen LogP contribution in [0.5, 0.6) is 0 Å². The molecule has 1 aliphatic rings. The quantitative estimate of drug-likeness (QED) is 0.579. The zero-order chi connectivity index (χ0) is 23.6. The van der Waals surface area contributed by atoms with E-state index >= 15 is 0 Å². The summed E-state index contributed by atoms with van der Waals surface area (Å²) in [4.78, 5) is 21.3. The molecule has 1 saturated heterocycles. The lowest BCUT2D eigenvalue weighted by Crippen LogP contribution is -2.20. The van der Waals surface area contributed by atoms with Crippen LogP contribution in [0.1, 0.15) is 28.8 Å². The van der Waals surface area contributed by atoms with Crippen LogP contribution in [0, 0.1) is 0 Å². The molecule has 3 heterocycles. The zero-order valence-corrected chi connectivity index (χ0v) is 17.7. The van der Waals surface area contributed by atoms with Gasteiger partial charge in [0.1, 0.15) is 11.6 Å². The molecule has 0 spiro atoms. The molecule has 3 aromatic rings. The molecule has 0 atom stereocenters. The Morgan fingerprint density at radius 2 is 1.59 bits per heavy atom. The van der Waals surface area contributed by atoms with E-state index < -0.39 is 11.7 Å². The van der Waals surface area contributed by atoms with Crippen molar-refractivity contribution in [3.8, 4) is 11.1 Å². The maximum Gasteiger partial charge on any atom is 0.417 e. The van der Waals surface area contributed by atoms with E-state index in [9.17, 15) is 18.0 Å². The third kappa shape index (κ3) is 6.78. The van der Waals surface area contributed by atoms with E-state index in [4.69, 9.17) is 5.73 Å². The SMILES string of the molecule is CN.Nc1ccc(C(F)(F)F)cn1.O=Cc1cc(-c2ccccc2)cnc1N1CCCC1. The molecular weight excluding hydrogens is 419 g/mol. The molecule has 32 heavy (non-hydrogen) atoms. The van der Waals surface area contributed by atoms with Crippen molar-refractivity contribution in [3.05, 3.63) is 72.1 Å². The molecule has 0 aliphatic carbocycles. The first kappa shape index (κ1) is 24.8. The van der Waals surface area contributed by atoms with Gasteiger partial charge in [0.15, 0.2) is 6.29 Å². The van der Waals surface area contributed by atoms with E-state index in [2.05, 4.69) is 20.6 Å². The number of carbonyl (C=O) groups is 1. The number of alkyl halides is 3. The van der Waals surface area contributed by atoms with Gasteiger partial charge in [-0.1, -0.05) is 30.3 Å². The predicted octanol–water partition coefficient (Wildman–Crippen LogP) is 4.42. The molecule has 9 heteroatoms. The fraction of sp³-hybridized carbons (Fsp3) is 0.261. The number of hydrogen-bond donors (Lipinski definition) is 2. The van der Waals surface area contributed by atoms with Gasteiger partial charge < -0.3 is 16.4 Å². The molecule has 0 unspecified atom stereocenters. The molecule has 170 valence electrons. The Balaban J connectivity index is 0.000000239. The first-order chi connectivity index (χ1) is 15.4. The summed E-state index contributed by atoms with van der Waals surface area (Å²) in [6.07, 6.45) is 1.50. The van der Waals surface area contributed by atoms with Crippen LogP contribution in [0.4, 0.5) is 24.8 Å². The van der Waals surface area contributed by atoms with E-state index in [1.165, 1.54) is 19.9 Å². The van der Waals surface area contributed by atoms with Crippen LogP contribution in [0.15, 0.2) is 60.9 Å². The van der Waals surface area contributed by atoms with Gasteiger partial charge in [-0.15, -0.1) is 0 Å². The number of nitrogen functional groups attached to an aromatic ring is 1. The lowest BCUT2D eigenvalue weighted by molar-refractivity contribution is -0.137. The Bertz CT molecular complexity index is 973. The van der Waals surface area contributed by atoms with Gasteiger partial charge in [0, 0.05) is 31.0 Å². The third-order valence-corrected chi connectivity index (χ3v) is 4.65. The number of pyridine rings is 2. The monoisotopic (exact) mass is 445 g/mol. The number of nitrogens with zero attached hydrogens (tertiary/aromatic N) is 3. The number of halogens is 3. The lowest BCUT2D eigenvalue weighted by atomic mass is 10.1. The first-order valence-electron chi connectivity index (χ1n) is 10.0. The van der Waals surface area contributed by atoms with Gasteiger partial charge in [-0.05, 0) is 43.7 Å². The average Bonchev–Trinajstić information content (AvgIpc) is 3.35. The third-order valence-electron chi connectivity index (χ3n) is 4.65. The number of hydrogen-bond acceptors (Lipinski definition) is 6. The summed E-state index contributed by atoms with van der Waals surface area (Å²) in [5.41, 5.74) is 11.6. The van der Waals surface area contributed by atoms with Crippen molar-refractivity contribution in [3.63, 3.8) is 0 Å². The minimum atomic E-state index is -4.33. The molecule has 0 amide bonds. The average molecular weight is 445 g/mol. The van der Waals surface area contributed by atoms with E-state index in [0.29, 0.717) is 11.8 Å². The van der Waals surface area contributed by atoms with Gasteiger partial charge in [0.25, 0.3) is 0 Å². The van der Waals surface area contributed by atoms with E-state index in [1.54, 1.807) is 0 Å². The zero-order valence-electron chi connectivity index (χ0n) is 17.7. The van der Waals surface area contributed by atoms with E-state index in [-0.39, 0.29) is 5.82 Å². The van der Waals surface area contributed by atoms with Crippen LogP contribution in [0.2, 0.25) is 0 Å². The molecule has 0 saturated carbocycles. The van der Waals surface area contributed by atoms with Crippen molar-refractivity contribution in [2.75, 3.05) is 30.8 Å². The van der Waals surface area contributed by atoms with Crippen LogP contribution >= 0.6 is 0 Å². The van der Waals surface area contributed by atoms with E-state index in [0.717, 1.165) is 48.5 Å². The summed E-state index contributed by atoms with van der Waals surface area (Å²) in [7, 11) is 1.50. The number of anilines is 2. The highest BCUT2D eigenvalue weighted by Crippen LogP contribution is 2.28. The largest absolute Gasteiger partial charge is 0.417 e. The van der Waals surface area contributed by atoms with Crippen molar-refractivity contribution in [1.29, 1.82) is 0 Å². The Labute approximate surface area is 185 Å². The molecule has 4 rings (SSSR count). The minimum Gasteiger partial charge on any atom is -0.384 e. The topological polar surface area (TPSA) is 98.1 Å². The van der Waals surface area contributed by atoms with Crippen molar-refractivity contribution in [1.82, 2.24) is 9.97 Å². The Morgan fingerprint density at radius 1 is 0.938 bits per heavy atom. The van der Waals surface area contributed by atoms with Gasteiger partial charge in [-0.3, -0.25) is 4.79 Å². The van der Waals surface area contributed by atoms with Crippen LogP contribution < -0.4 is 16.4 Å². The maximum atomic E-state index is 11.8. The lowest BCUT2D eigenvalue weighted by Gasteiger charge is -2.18. The molecular formula is C23H26F3N5O. The maximum absolute atomic E-state index is 11.8. The number of benzene rings is 1. The summed E-state index contributed by atoms with van der Waals surface area (Å²) in [5.74, 6) is 0.908. The van der Waals surface area contributed by atoms with E-state index in [1.807, 2.05) is 42.6 Å². The Morgan fingerprint density at radius 3 is 2.12 bits per heavy atom. The van der Waals surface area contributed by atoms with Gasteiger partial charge in [0.2, 0.25) is 0 Å². The second kappa shape index (κ2) is 11.8. The summed E-state index contributed by atoms with van der Waals surface area (Å²) >= 11 is 0. The normalized spacial score (nSPS) is 12.8. The fourth-order valence-electron chi connectivity index (χ4n) is 3.12. The number of aldehydes is 1. The van der Waals surface area contributed by atoms with Gasteiger partial charge >= 0.3 is 6.18 Å². The first-order valence-corrected chi connectivity index (χ1v) is 10.0. The second-order valence-electron chi connectivity index (χ2n) is 6.78. The molecule has 0 radical (unpaired) electrons.